The van der Waals surface area contributed by atoms with Crippen LogP contribution in [0.15, 0.2) is 66.9 Å². The second kappa shape index (κ2) is 7.41. The lowest BCUT2D eigenvalue weighted by molar-refractivity contribution is -0.124. The molecule has 150 valence electrons. The van der Waals surface area contributed by atoms with E-state index in [1.165, 1.54) is 0 Å². The molecule has 2 aliphatic rings. The molecule has 5 nitrogen and oxygen atoms in total. The third kappa shape index (κ3) is 3.26. The maximum absolute atomic E-state index is 13.0. The van der Waals surface area contributed by atoms with Gasteiger partial charge in [-0.2, -0.15) is 0 Å². The zero-order valence-electron chi connectivity index (χ0n) is 16.8. The molecule has 1 aromatic heterocycles. The van der Waals surface area contributed by atoms with Crippen molar-refractivity contribution in [2.45, 2.75) is 38.4 Å². The van der Waals surface area contributed by atoms with Gasteiger partial charge in [-0.25, -0.2) is 0 Å². The van der Waals surface area contributed by atoms with E-state index in [1.807, 2.05) is 54.4 Å². The molecule has 0 spiro atoms. The molecule has 0 radical (unpaired) electrons. The van der Waals surface area contributed by atoms with Crippen molar-refractivity contribution in [3.63, 3.8) is 0 Å². The minimum Gasteiger partial charge on any atom is -0.352 e. The smallest absolute Gasteiger partial charge is 0.254 e. The first-order chi connectivity index (χ1) is 14.6. The molecular weight excluding hydrogens is 374 g/mol. The van der Waals surface area contributed by atoms with Gasteiger partial charge in [0.25, 0.3) is 5.91 Å². The van der Waals surface area contributed by atoms with Gasteiger partial charge in [0.05, 0.1) is 11.7 Å². The van der Waals surface area contributed by atoms with Gasteiger partial charge in [-0.3, -0.25) is 14.6 Å². The summed E-state index contributed by atoms with van der Waals surface area (Å²) in [6.07, 6.45) is 3.07. The summed E-state index contributed by atoms with van der Waals surface area (Å²) in [7, 11) is 0. The Morgan fingerprint density at radius 3 is 2.50 bits per heavy atom. The molecule has 0 saturated carbocycles. The molecule has 0 bridgehead atoms. The van der Waals surface area contributed by atoms with Crippen molar-refractivity contribution in [3.8, 4) is 22.4 Å². The molecule has 2 atom stereocenters. The van der Waals surface area contributed by atoms with Gasteiger partial charge in [-0.15, -0.1) is 0 Å². The number of hydrogen-bond donors (Lipinski definition) is 1. The van der Waals surface area contributed by atoms with Crippen LogP contribution < -0.4 is 5.32 Å². The van der Waals surface area contributed by atoms with Crippen LogP contribution in [0.1, 0.15) is 35.7 Å². The van der Waals surface area contributed by atoms with Crippen molar-refractivity contribution >= 4 is 11.8 Å². The Labute approximate surface area is 175 Å². The highest BCUT2D eigenvalue weighted by Gasteiger charge is 2.37. The summed E-state index contributed by atoms with van der Waals surface area (Å²) in [6, 6.07) is 20.2. The number of rotatable bonds is 3. The van der Waals surface area contributed by atoms with Gasteiger partial charge in [-0.05, 0) is 42.7 Å². The Morgan fingerprint density at radius 2 is 1.77 bits per heavy atom. The number of nitrogens with zero attached hydrogens (tertiary/aromatic N) is 2. The average Bonchev–Trinajstić information content (AvgIpc) is 3.10. The van der Waals surface area contributed by atoms with Crippen LogP contribution in [0.5, 0.6) is 0 Å². The van der Waals surface area contributed by atoms with Crippen molar-refractivity contribution in [2.75, 3.05) is 0 Å². The number of carbonyl (C=O) groups excluding carboxylic acids is 2. The predicted octanol–water partition coefficient (Wildman–Crippen LogP) is 4.04. The van der Waals surface area contributed by atoms with Crippen LogP contribution >= 0.6 is 0 Å². The molecule has 3 heterocycles. The standard InChI is InChI=1S/C25H23N3O2/c1-16-23(11-12-24(29)27-16)28-15-20-13-18(7-9-21(20)25(28)30)22-10-8-19(14-26-22)17-5-3-2-4-6-17/h2-10,13-14,16,23H,11-12,15H2,1H3,(H,27,29). The first kappa shape index (κ1) is 18.6. The molecule has 5 rings (SSSR count). The topological polar surface area (TPSA) is 62.3 Å². The first-order valence-electron chi connectivity index (χ1n) is 10.4. The van der Waals surface area contributed by atoms with Gasteiger partial charge in [0, 0.05) is 41.9 Å². The molecule has 1 N–H and O–H groups in total. The van der Waals surface area contributed by atoms with Crippen LogP contribution in [0.25, 0.3) is 22.4 Å². The third-order valence-electron chi connectivity index (χ3n) is 6.14. The zero-order valence-corrected chi connectivity index (χ0v) is 16.8. The van der Waals surface area contributed by atoms with E-state index in [-0.39, 0.29) is 23.9 Å². The molecule has 2 aliphatic heterocycles. The van der Waals surface area contributed by atoms with Crippen LogP contribution in [0.2, 0.25) is 0 Å². The summed E-state index contributed by atoms with van der Waals surface area (Å²) in [5.41, 5.74) is 5.89. The third-order valence-corrected chi connectivity index (χ3v) is 6.14. The second-order valence-electron chi connectivity index (χ2n) is 8.07. The number of hydrogen-bond acceptors (Lipinski definition) is 3. The van der Waals surface area contributed by atoms with Gasteiger partial charge in [-0.1, -0.05) is 42.5 Å². The molecule has 1 saturated heterocycles. The highest BCUT2D eigenvalue weighted by Crippen LogP contribution is 2.32. The first-order valence-corrected chi connectivity index (χ1v) is 10.4. The fourth-order valence-electron chi connectivity index (χ4n) is 4.51. The molecule has 5 heteroatoms. The number of benzene rings is 2. The van der Waals surface area contributed by atoms with Crippen molar-refractivity contribution in [1.82, 2.24) is 15.2 Å². The quantitative estimate of drug-likeness (QED) is 0.726. The Hall–Kier alpha value is -3.47. The van der Waals surface area contributed by atoms with E-state index in [0.717, 1.165) is 33.5 Å². The van der Waals surface area contributed by atoms with Crippen LogP contribution in [-0.2, 0) is 11.3 Å². The molecule has 2 aromatic carbocycles. The molecule has 2 unspecified atom stereocenters. The lowest BCUT2D eigenvalue weighted by Crippen LogP contribution is -2.54. The monoisotopic (exact) mass is 397 g/mol. The summed E-state index contributed by atoms with van der Waals surface area (Å²) in [6.45, 7) is 2.55. The fourth-order valence-corrected chi connectivity index (χ4v) is 4.51. The fraction of sp³-hybridized carbons (Fsp3) is 0.240. The molecule has 1 fully saturated rings. The number of pyridine rings is 1. The number of fused-ring (bicyclic) bond motifs is 1. The van der Waals surface area contributed by atoms with Gasteiger partial charge in [0.2, 0.25) is 5.91 Å². The van der Waals surface area contributed by atoms with E-state index in [0.29, 0.717) is 19.4 Å². The molecule has 2 amide bonds. The normalized spacial score (nSPS) is 20.8. The Bertz CT molecular complexity index is 1110. The molecule has 3 aromatic rings. The van der Waals surface area contributed by atoms with Gasteiger partial charge >= 0.3 is 0 Å². The van der Waals surface area contributed by atoms with Crippen LogP contribution in [-0.4, -0.2) is 33.8 Å². The number of carbonyl (C=O) groups is 2. The highest BCUT2D eigenvalue weighted by molar-refractivity contribution is 5.99. The van der Waals surface area contributed by atoms with Crippen LogP contribution in [0, 0.1) is 0 Å². The number of aromatic nitrogens is 1. The van der Waals surface area contributed by atoms with E-state index >= 15 is 0 Å². The lowest BCUT2D eigenvalue weighted by Gasteiger charge is -2.36. The van der Waals surface area contributed by atoms with Crippen molar-refractivity contribution < 1.29 is 9.59 Å². The van der Waals surface area contributed by atoms with E-state index in [2.05, 4.69) is 34.6 Å². The minimum absolute atomic E-state index is 0.0313. The van der Waals surface area contributed by atoms with Crippen molar-refractivity contribution in [1.29, 1.82) is 0 Å². The Morgan fingerprint density at radius 1 is 0.967 bits per heavy atom. The van der Waals surface area contributed by atoms with Gasteiger partial charge in [0.1, 0.15) is 0 Å². The molecule has 0 aliphatic carbocycles. The molecule has 30 heavy (non-hydrogen) atoms. The number of amides is 2. The van der Waals surface area contributed by atoms with E-state index in [1.54, 1.807) is 0 Å². The second-order valence-corrected chi connectivity index (χ2v) is 8.07. The summed E-state index contributed by atoms with van der Waals surface area (Å²) < 4.78 is 0. The maximum atomic E-state index is 13.0. The summed E-state index contributed by atoms with van der Waals surface area (Å²) >= 11 is 0. The maximum Gasteiger partial charge on any atom is 0.254 e. The van der Waals surface area contributed by atoms with Crippen molar-refractivity contribution in [2.24, 2.45) is 0 Å². The molecular formula is C25H23N3O2. The van der Waals surface area contributed by atoms with E-state index in [9.17, 15) is 9.59 Å². The summed E-state index contributed by atoms with van der Waals surface area (Å²) in [5, 5.41) is 2.97. The minimum atomic E-state index is -0.0313. The highest BCUT2D eigenvalue weighted by atomic mass is 16.2. The van der Waals surface area contributed by atoms with Crippen LogP contribution in [0.4, 0.5) is 0 Å². The summed E-state index contributed by atoms with van der Waals surface area (Å²) in [4.78, 5) is 31.2. The number of piperidine rings is 1. The summed E-state index contributed by atoms with van der Waals surface area (Å²) in [5.74, 6) is 0.118. The van der Waals surface area contributed by atoms with E-state index in [4.69, 9.17) is 0 Å². The van der Waals surface area contributed by atoms with Crippen LogP contribution in [0.3, 0.4) is 0 Å². The average molecular weight is 397 g/mol. The zero-order chi connectivity index (χ0) is 20.7. The Balaban J connectivity index is 1.39. The SMILES string of the molecule is CC1NC(=O)CCC1N1Cc2cc(-c3ccc(-c4ccccc4)cn3)ccc2C1=O. The van der Waals surface area contributed by atoms with Crippen molar-refractivity contribution in [3.05, 3.63) is 78.0 Å². The van der Waals surface area contributed by atoms with Gasteiger partial charge in [0.15, 0.2) is 0 Å². The van der Waals surface area contributed by atoms with E-state index < -0.39 is 0 Å². The Kier molecular flexibility index (Phi) is 4.58. The predicted molar refractivity (Wildman–Crippen MR) is 116 cm³/mol. The number of nitrogens with one attached hydrogen (secondary N) is 1. The largest absolute Gasteiger partial charge is 0.352 e. The van der Waals surface area contributed by atoms with Gasteiger partial charge < -0.3 is 10.2 Å². The lowest BCUT2D eigenvalue weighted by atomic mass is 9.98.